The SMILES string of the molecule is CCC(C)(C=O)CC#CC(C)(C)C. The average molecular weight is 180 g/mol. The largest absolute Gasteiger partial charge is 0.303 e. The van der Waals surface area contributed by atoms with E-state index in [9.17, 15) is 4.79 Å². The number of hydrogen-bond donors (Lipinski definition) is 0. The molecule has 13 heavy (non-hydrogen) atoms. The fraction of sp³-hybridized carbons (Fsp3) is 0.750. The van der Waals surface area contributed by atoms with Gasteiger partial charge < -0.3 is 4.79 Å². The molecule has 0 aliphatic carbocycles. The van der Waals surface area contributed by atoms with E-state index in [0.29, 0.717) is 6.42 Å². The van der Waals surface area contributed by atoms with Crippen LogP contribution >= 0.6 is 0 Å². The van der Waals surface area contributed by atoms with Crippen molar-refractivity contribution in [3.8, 4) is 11.8 Å². The van der Waals surface area contributed by atoms with Crippen LogP contribution in [-0.2, 0) is 4.79 Å². The van der Waals surface area contributed by atoms with Crippen molar-refractivity contribution in [3.63, 3.8) is 0 Å². The molecule has 0 heterocycles. The minimum absolute atomic E-state index is 0.0392. The van der Waals surface area contributed by atoms with Crippen LogP contribution in [0.25, 0.3) is 0 Å². The lowest BCUT2D eigenvalue weighted by molar-refractivity contribution is -0.115. The summed E-state index contributed by atoms with van der Waals surface area (Å²) in [6.07, 6.45) is 2.55. The summed E-state index contributed by atoms with van der Waals surface area (Å²) in [5.41, 5.74) is -0.213. The first kappa shape index (κ1) is 12.2. The highest BCUT2D eigenvalue weighted by atomic mass is 16.1. The third-order valence-corrected chi connectivity index (χ3v) is 2.05. The van der Waals surface area contributed by atoms with E-state index in [-0.39, 0.29) is 10.8 Å². The van der Waals surface area contributed by atoms with Crippen molar-refractivity contribution in [2.45, 2.75) is 47.5 Å². The van der Waals surface area contributed by atoms with Crippen LogP contribution in [0.4, 0.5) is 0 Å². The Hall–Kier alpha value is -0.770. The molecule has 0 saturated carbocycles. The summed E-state index contributed by atoms with van der Waals surface area (Å²) in [5.74, 6) is 6.22. The Morgan fingerprint density at radius 1 is 1.23 bits per heavy atom. The average Bonchev–Trinajstić information content (AvgIpc) is 2.02. The summed E-state index contributed by atoms with van der Waals surface area (Å²) >= 11 is 0. The summed E-state index contributed by atoms with van der Waals surface area (Å²) in [4.78, 5) is 10.7. The van der Waals surface area contributed by atoms with Gasteiger partial charge in [-0.1, -0.05) is 19.8 Å². The second kappa shape index (κ2) is 4.46. The first-order valence-electron chi connectivity index (χ1n) is 4.79. The quantitative estimate of drug-likeness (QED) is 0.482. The first-order valence-corrected chi connectivity index (χ1v) is 4.79. The van der Waals surface area contributed by atoms with Crippen molar-refractivity contribution in [1.82, 2.24) is 0 Å². The van der Waals surface area contributed by atoms with E-state index in [1.165, 1.54) is 0 Å². The van der Waals surface area contributed by atoms with E-state index in [0.717, 1.165) is 12.7 Å². The maximum absolute atomic E-state index is 10.7. The van der Waals surface area contributed by atoms with Crippen LogP contribution in [0.2, 0.25) is 0 Å². The minimum Gasteiger partial charge on any atom is -0.303 e. The molecule has 0 fully saturated rings. The second-order valence-corrected chi connectivity index (χ2v) is 4.85. The highest BCUT2D eigenvalue weighted by molar-refractivity contribution is 5.59. The van der Waals surface area contributed by atoms with E-state index in [1.807, 2.05) is 13.8 Å². The highest BCUT2D eigenvalue weighted by Gasteiger charge is 2.19. The number of carbonyl (C=O) groups excluding carboxylic acids is 1. The molecule has 0 aromatic carbocycles. The lowest BCUT2D eigenvalue weighted by Gasteiger charge is -2.17. The van der Waals surface area contributed by atoms with Crippen molar-refractivity contribution in [1.29, 1.82) is 0 Å². The smallest absolute Gasteiger partial charge is 0.126 e. The first-order chi connectivity index (χ1) is 5.83. The van der Waals surface area contributed by atoms with Gasteiger partial charge in [0.1, 0.15) is 6.29 Å². The minimum atomic E-state index is -0.252. The molecule has 0 aromatic heterocycles. The van der Waals surface area contributed by atoms with Crippen molar-refractivity contribution in [3.05, 3.63) is 0 Å². The van der Waals surface area contributed by atoms with Crippen molar-refractivity contribution >= 4 is 6.29 Å². The molecule has 0 N–H and O–H groups in total. The molecule has 0 saturated heterocycles. The van der Waals surface area contributed by atoms with Gasteiger partial charge in [0.25, 0.3) is 0 Å². The Labute approximate surface area is 81.9 Å². The summed E-state index contributed by atoms with van der Waals surface area (Å²) in [7, 11) is 0. The topological polar surface area (TPSA) is 17.1 Å². The zero-order chi connectivity index (χ0) is 10.5. The van der Waals surface area contributed by atoms with Gasteiger partial charge in [-0.2, -0.15) is 0 Å². The Kier molecular flexibility index (Phi) is 4.20. The molecule has 0 aliphatic heterocycles. The fourth-order valence-electron chi connectivity index (χ4n) is 0.761. The van der Waals surface area contributed by atoms with Crippen molar-refractivity contribution in [2.24, 2.45) is 10.8 Å². The van der Waals surface area contributed by atoms with Gasteiger partial charge in [0.15, 0.2) is 0 Å². The Bertz CT molecular complexity index is 224. The molecule has 0 aliphatic rings. The fourth-order valence-corrected chi connectivity index (χ4v) is 0.761. The molecule has 0 rings (SSSR count). The molecule has 1 atom stereocenters. The van der Waals surface area contributed by atoms with Gasteiger partial charge in [-0.05, 0) is 27.2 Å². The molecule has 1 heteroatoms. The predicted octanol–water partition coefficient (Wildman–Crippen LogP) is 3.04. The monoisotopic (exact) mass is 180 g/mol. The molecule has 0 aromatic rings. The van der Waals surface area contributed by atoms with Gasteiger partial charge in [0.2, 0.25) is 0 Å². The highest BCUT2D eigenvalue weighted by Crippen LogP contribution is 2.22. The summed E-state index contributed by atoms with van der Waals surface area (Å²) in [5, 5.41) is 0. The standard InChI is InChI=1S/C12H20O/c1-6-12(5,10-13)9-7-8-11(2,3)4/h10H,6,9H2,1-5H3. The number of hydrogen-bond acceptors (Lipinski definition) is 1. The molecule has 74 valence electrons. The number of rotatable bonds is 3. The van der Waals surface area contributed by atoms with Crippen LogP contribution in [-0.4, -0.2) is 6.29 Å². The molecule has 0 spiro atoms. The van der Waals surface area contributed by atoms with Gasteiger partial charge in [-0.15, -0.1) is 5.92 Å². The summed E-state index contributed by atoms with van der Waals surface area (Å²) in [6.45, 7) is 10.2. The van der Waals surface area contributed by atoms with Gasteiger partial charge >= 0.3 is 0 Å². The maximum Gasteiger partial charge on any atom is 0.126 e. The number of carbonyl (C=O) groups is 1. The zero-order valence-electron chi connectivity index (χ0n) is 9.40. The van der Waals surface area contributed by atoms with E-state index < -0.39 is 0 Å². The van der Waals surface area contributed by atoms with Gasteiger partial charge in [0.05, 0.1) is 0 Å². The second-order valence-electron chi connectivity index (χ2n) is 4.85. The van der Waals surface area contributed by atoms with Crippen LogP contribution < -0.4 is 0 Å². The molecule has 0 amide bonds. The molecule has 0 radical (unpaired) electrons. The predicted molar refractivity (Wildman–Crippen MR) is 56.3 cm³/mol. The molecular weight excluding hydrogens is 160 g/mol. The van der Waals surface area contributed by atoms with Gasteiger partial charge in [0, 0.05) is 17.3 Å². The van der Waals surface area contributed by atoms with E-state index in [4.69, 9.17) is 0 Å². The van der Waals surface area contributed by atoms with E-state index >= 15 is 0 Å². The van der Waals surface area contributed by atoms with Crippen LogP contribution in [0.5, 0.6) is 0 Å². The molecule has 1 nitrogen and oxygen atoms in total. The van der Waals surface area contributed by atoms with E-state index in [1.54, 1.807) is 0 Å². The van der Waals surface area contributed by atoms with Crippen LogP contribution in [0.1, 0.15) is 47.5 Å². The lowest BCUT2D eigenvalue weighted by Crippen LogP contribution is -2.15. The molecular formula is C12H20O. The molecule has 0 bridgehead atoms. The Balaban J connectivity index is 4.27. The zero-order valence-corrected chi connectivity index (χ0v) is 9.40. The van der Waals surface area contributed by atoms with Gasteiger partial charge in [-0.3, -0.25) is 0 Å². The summed E-state index contributed by atoms with van der Waals surface area (Å²) < 4.78 is 0. The van der Waals surface area contributed by atoms with Crippen LogP contribution in [0, 0.1) is 22.7 Å². The van der Waals surface area contributed by atoms with E-state index in [2.05, 4.69) is 32.6 Å². The third kappa shape index (κ3) is 5.47. The Morgan fingerprint density at radius 3 is 2.08 bits per heavy atom. The normalized spacial score (nSPS) is 15.5. The van der Waals surface area contributed by atoms with Crippen LogP contribution in [0.15, 0.2) is 0 Å². The van der Waals surface area contributed by atoms with Crippen LogP contribution in [0.3, 0.4) is 0 Å². The van der Waals surface area contributed by atoms with Crippen molar-refractivity contribution < 1.29 is 4.79 Å². The number of aldehydes is 1. The van der Waals surface area contributed by atoms with Crippen molar-refractivity contribution in [2.75, 3.05) is 0 Å². The lowest BCUT2D eigenvalue weighted by atomic mass is 9.85. The third-order valence-electron chi connectivity index (χ3n) is 2.05. The summed E-state index contributed by atoms with van der Waals surface area (Å²) in [6, 6.07) is 0. The Morgan fingerprint density at radius 2 is 1.77 bits per heavy atom. The maximum atomic E-state index is 10.7. The molecule has 1 unspecified atom stereocenters. The van der Waals surface area contributed by atoms with Gasteiger partial charge in [-0.25, -0.2) is 0 Å².